The van der Waals surface area contributed by atoms with Crippen LogP contribution in [0.4, 0.5) is 4.79 Å². The molecule has 2 amide bonds. The number of urea groups is 1. The van der Waals surface area contributed by atoms with Gasteiger partial charge in [0.15, 0.2) is 0 Å². The maximum atomic E-state index is 12.0. The minimum atomic E-state index is -0.777. The van der Waals surface area contributed by atoms with Crippen molar-refractivity contribution in [1.29, 1.82) is 0 Å². The molecular weight excluding hydrogens is 270 g/mol. The molecule has 1 heterocycles. The molecule has 0 aromatic rings. The second-order valence-corrected chi connectivity index (χ2v) is 6.80. The van der Waals surface area contributed by atoms with Gasteiger partial charge in [-0.2, -0.15) is 0 Å². The average molecular weight is 297 g/mol. The smallest absolute Gasteiger partial charge is 0.315 e. The number of nitrogens with zero attached hydrogens (tertiary/aromatic N) is 1. The van der Waals surface area contributed by atoms with Crippen molar-refractivity contribution in [3.05, 3.63) is 0 Å². The molecule has 0 aromatic carbocycles. The molecule has 3 N–H and O–H groups in total. The molecule has 6 nitrogen and oxygen atoms in total. The molecule has 6 heteroatoms. The fraction of sp³-hybridized carbons (Fsp3) is 0.867. The molecule has 1 aliphatic heterocycles. The third-order valence-electron chi connectivity index (χ3n) is 5.11. The van der Waals surface area contributed by atoms with Gasteiger partial charge in [-0.3, -0.25) is 4.79 Å². The molecule has 0 spiro atoms. The summed E-state index contributed by atoms with van der Waals surface area (Å²) in [6.07, 6.45) is 4.93. The van der Waals surface area contributed by atoms with E-state index in [1.165, 1.54) is 0 Å². The van der Waals surface area contributed by atoms with Crippen LogP contribution in [0.2, 0.25) is 0 Å². The van der Waals surface area contributed by atoms with E-state index in [4.69, 9.17) is 5.11 Å². The van der Waals surface area contributed by atoms with E-state index in [1.54, 1.807) is 0 Å². The van der Waals surface area contributed by atoms with E-state index in [-0.39, 0.29) is 23.9 Å². The number of carboxylic acids is 1. The highest BCUT2D eigenvalue weighted by molar-refractivity contribution is 5.74. The van der Waals surface area contributed by atoms with Crippen LogP contribution < -0.4 is 10.6 Å². The summed E-state index contributed by atoms with van der Waals surface area (Å²) < 4.78 is 0. The van der Waals surface area contributed by atoms with Crippen LogP contribution in [0, 0.1) is 5.41 Å². The van der Waals surface area contributed by atoms with Crippen LogP contribution >= 0.6 is 0 Å². The number of hydrogen-bond acceptors (Lipinski definition) is 3. The van der Waals surface area contributed by atoms with E-state index < -0.39 is 5.97 Å². The lowest BCUT2D eigenvalue weighted by Crippen LogP contribution is -2.52. The van der Waals surface area contributed by atoms with E-state index in [1.807, 2.05) is 0 Å². The molecule has 1 saturated carbocycles. The van der Waals surface area contributed by atoms with Gasteiger partial charge in [0.05, 0.1) is 6.42 Å². The number of rotatable bonds is 5. The summed E-state index contributed by atoms with van der Waals surface area (Å²) in [5, 5.41) is 14.9. The Balaban J connectivity index is 1.73. The Kier molecular flexibility index (Phi) is 5.08. The zero-order valence-electron chi connectivity index (χ0n) is 13.0. The van der Waals surface area contributed by atoms with Crippen molar-refractivity contribution >= 4 is 12.0 Å². The Morgan fingerprint density at radius 2 is 2.10 bits per heavy atom. The summed E-state index contributed by atoms with van der Waals surface area (Å²) in [6, 6.07) is 0.537. The highest BCUT2D eigenvalue weighted by atomic mass is 16.4. The van der Waals surface area contributed by atoms with Crippen molar-refractivity contribution in [2.45, 2.75) is 57.5 Å². The van der Waals surface area contributed by atoms with Gasteiger partial charge in [0, 0.05) is 25.2 Å². The van der Waals surface area contributed by atoms with Crippen molar-refractivity contribution in [1.82, 2.24) is 15.5 Å². The number of nitrogens with one attached hydrogen (secondary N) is 2. The molecule has 0 bridgehead atoms. The zero-order valence-corrected chi connectivity index (χ0v) is 13.0. The first-order valence-corrected chi connectivity index (χ1v) is 7.87. The second kappa shape index (κ2) is 6.64. The molecule has 1 saturated heterocycles. The minimum absolute atomic E-state index is 0.151. The molecule has 2 rings (SSSR count). The number of aliphatic carboxylic acids is 1. The molecule has 120 valence electrons. The number of piperidine rings is 1. The molecule has 2 unspecified atom stereocenters. The van der Waals surface area contributed by atoms with Gasteiger partial charge in [-0.25, -0.2) is 4.79 Å². The van der Waals surface area contributed by atoms with Crippen LogP contribution in [-0.2, 0) is 4.79 Å². The number of amides is 2. The average Bonchev–Trinajstić information content (AvgIpc) is 2.36. The summed E-state index contributed by atoms with van der Waals surface area (Å²) in [5.41, 5.74) is -0.219. The van der Waals surface area contributed by atoms with Crippen molar-refractivity contribution in [2.75, 3.05) is 20.1 Å². The maximum absolute atomic E-state index is 12.0. The highest BCUT2D eigenvalue weighted by Gasteiger charge is 2.39. The monoisotopic (exact) mass is 297 g/mol. The lowest BCUT2D eigenvalue weighted by Gasteiger charge is -2.41. The Labute approximate surface area is 126 Å². The quantitative estimate of drug-likeness (QED) is 0.716. The van der Waals surface area contributed by atoms with Crippen molar-refractivity contribution in [3.8, 4) is 0 Å². The van der Waals surface area contributed by atoms with Gasteiger partial charge in [0.25, 0.3) is 0 Å². The predicted molar refractivity (Wildman–Crippen MR) is 80.2 cm³/mol. The number of carbonyl (C=O) groups is 2. The van der Waals surface area contributed by atoms with E-state index >= 15 is 0 Å². The Hall–Kier alpha value is -1.30. The van der Waals surface area contributed by atoms with Crippen LogP contribution in [0.5, 0.6) is 0 Å². The third kappa shape index (κ3) is 4.33. The summed E-state index contributed by atoms with van der Waals surface area (Å²) in [6.45, 7) is 3.63. The standard InChI is InChI=1S/C15H27N3O3/c1-11-8-12(4-7-18(11)2)17-14(21)16-10-15(5-3-6-15)9-13(19)20/h11-12H,3-10H2,1-2H3,(H,19,20)(H2,16,17,21). The van der Waals surface area contributed by atoms with Crippen LogP contribution in [0.3, 0.4) is 0 Å². The third-order valence-corrected chi connectivity index (χ3v) is 5.11. The van der Waals surface area contributed by atoms with Crippen molar-refractivity contribution in [3.63, 3.8) is 0 Å². The van der Waals surface area contributed by atoms with Crippen LogP contribution in [0.1, 0.15) is 45.4 Å². The first-order chi connectivity index (χ1) is 9.90. The molecular formula is C15H27N3O3. The largest absolute Gasteiger partial charge is 0.481 e. The van der Waals surface area contributed by atoms with Crippen LogP contribution in [0.25, 0.3) is 0 Å². The summed E-state index contributed by atoms with van der Waals surface area (Å²) in [5.74, 6) is -0.777. The minimum Gasteiger partial charge on any atom is -0.481 e. The summed E-state index contributed by atoms with van der Waals surface area (Å²) >= 11 is 0. The first kappa shape index (κ1) is 16.1. The van der Waals surface area contributed by atoms with E-state index in [9.17, 15) is 9.59 Å². The van der Waals surface area contributed by atoms with Gasteiger partial charge in [0.2, 0.25) is 0 Å². The van der Waals surface area contributed by atoms with Crippen molar-refractivity contribution in [2.24, 2.45) is 5.41 Å². The summed E-state index contributed by atoms with van der Waals surface area (Å²) in [4.78, 5) is 25.2. The Morgan fingerprint density at radius 3 is 2.62 bits per heavy atom. The van der Waals surface area contributed by atoms with Crippen LogP contribution in [0.15, 0.2) is 0 Å². The van der Waals surface area contributed by atoms with Gasteiger partial charge < -0.3 is 20.6 Å². The lowest BCUT2D eigenvalue weighted by atomic mass is 9.66. The molecule has 2 atom stereocenters. The fourth-order valence-electron chi connectivity index (χ4n) is 3.34. The fourth-order valence-corrected chi connectivity index (χ4v) is 3.34. The Morgan fingerprint density at radius 1 is 1.38 bits per heavy atom. The topological polar surface area (TPSA) is 81.7 Å². The number of likely N-dealkylation sites (tertiary alicyclic amines) is 1. The normalized spacial score (nSPS) is 28.5. The van der Waals surface area contributed by atoms with Gasteiger partial charge in [0.1, 0.15) is 0 Å². The van der Waals surface area contributed by atoms with E-state index in [0.717, 1.165) is 38.6 Å². The Bertz CT molecular complexity index is 396. The van der Waals surface area contributed by atoms with Gasteiger partial charge >= 0.3 is 12.0 Å². The van der Waals surface area contributed by atoms with E-state index in [2.05, 4.69) is 29.5 Å². The van der Waals surface area contributed by atoms with E-state index in [0.29, 0.717) is 12.6 Å². The highest BCUT2D eigenvalue weighted by Crippen LogP contribution is 2.43. The molecule has 1 aliphatic carbocycles. The number of hydrogen-bond donors (Lipinski definition) is 3. The molecule has 0 radical (unpaired) electrons. The molecule has 0 aromatic heterocycles. The maximum Gasteiger partial charge on any atom is 0.315 e. The lowest BCUT2D eigenvalue weighted by molar-refractivity contribution is -0.141. The van der Waals surface area contributed by atoms with Gasteiger partial charge in [-0.1, -0.05) is 6.42 Å². The second-order valence-electron chi connectivity index (χ2n) is 6.80. The number of carbonyl (C=O) groups excluding carboxylic acids is 1. The zero-order chi connectivity index (χ0) is 15.5. The van der Waals surface area contributed by atoms with Gasteiger partial charge in [-0.15, -0.1) is 0 Å². The SMILES string of the molecule is CC1CC(NC(=O)NCC2(CC(=O)O)CCC2)CCN1C. The van der Waals surface area contributed by atoms with Crippen molar-refractivity contribution < 1.29 is 14.7 Å². The van der Waals surface area contributed by atoms with Gasteiger partial charge in [-0.05, 0) is 45.1 Å². The molecule has 2 aliphatic rings. The number of carboxylic acid groups (broad SMARTS) is 1. The van der Waals surface area contributed by atoms with Crippen LogP contribution in [-0.4, -0.2) is 54.2 Å². The molecule has 2 fully saturated rings. The summed E-state index contributed by atoms with van der Waals surface area (Å²) in [7, 11) is 2.10. The first-order valence-electron chi connectivity index (χ1n) is 7.87. The predicted octanol–water partition coefficient (Wildman–Crippen LogP) is 1.41. The molecule has 21 heavy (non-hydrogen) atoms.